The third-order valence-corrected chi connectivity index (χ3v) is 7.10. The summed E-state index contributed by atoms with van der Waals surface area (Å²) in [6, 6.07) is 20.1. The van der Waals surface area contributed by atoms with Crippen LogP contribution in [-0.4, -0.2) is 31.3 Å². The fourth-order valence-electron chi connectivity index (χ4n) is 4.20. The maximum absolute atomic E-state index is 12.6. The van der Waals surface area contributed by atoms with Crippen molar-refractivity contribution in [2.45, 2.75) is 36.5 Å². The quantitative estimate of drug-likeness (QED) is 0.431. The van der Waals surface area contributed by atoms with Crippen LogP contribution in [0.5, 0.6) is 5.75 Å². The second-order valence-corrected chi connectivity index (χ2v) is 9.48. The molecular formula is C26H31N3O3S. The molecule has 1 aliphatic rings. The van der Waals surface area contributed by atoms with Crippen LogP contribution in [-0.2, 0) is 23.5 Å². The molecule has 2 atom stereocenters. The molecule has 3 aromatic rings. The topological polar surface area (TPSA) is 76.4 Å². The van der Waals surface area contributed by atoms with Crippen LogP contribution in [0.4, 0.5) is 0 Å². The molecule has 1 fully saturated rings. The lowest BCUT2D eigenvalue weighted by Gasteiger charge is -2.31. The number of piperidine rings is 1. The SMILES string of the molecule is COc1ccc(CNC(=O)C[C@H]2CCNC[C@@H]2Cc2cc(CSc3ccccc3)on2)cc1. The van der Waals surface area contributed by atoms with E-state index in [1.807, 2.05) is 42.5 Å². The Balaban J connectivity index is 1.26. The number of nitrogens with zero attached hydrogens (tertiary/aromatic N) is 1. The van der Waals surface area contributed by atoms with Gasteiger partial charge in [0.15, 0.2) is 0 Å². The smallest absolute Gasteiger partial charge is 0.220 e. The van der Waals surface area contributed by atoms with E-state index in [9.17, 15) is 4.79 Å². The molecule has 1 saturated heterocycles. The highest BCUT2D eigenvalue weighted by atomic mass is 32.2. The van der Waals surface area contributed by atoms with Gasteiger partial charge in [0, 0.05) is 23.9 Å². The standard InChI is InChI=1S/C26H31N3O3S/c1-31-23-9-7-19(8-10-23)16-28-26(30)14-20-11-12-27-17-21(20)13-22-15-24(32-29-22)18-33-25-5-3-2-4-6-25/h2-10,15,20-21,27H,11-14,16-18H2,1H3,(H,28,30)/t20-,21+/m1/s1. The molecule has 2 N–H and O–H groups in total. The molecule has 174 valence electrons. The highest BCUT2D eigenvalue weighted by molar-refractivity contribution is 7.98. The summed E-state index contributed by atoms with van der Waals surface area (Å²) in [4.78, 5) is 13.9. The first-order chi connectivity index (χ1) is 16.2. The molecule has 1 aliphatic heterocycles. The summed E-state index contributed by atoms with van der Waals surface area (Å²) in [7, 11) is 1.65. The molecule has 1 amide bonds. The number of thioether (sulfide) groups is 1. The van der Waals surface area contributed by atoms with Crippen molar-refractivity contribution in [1.82, 2.24) is 15.8 Å². The maximum atomic E-state index is 12.6. The van der Waals surface area contributed by atoms with E-state index < -0.39 is 0 Å². The first kappa shape index (κ1) is 23.4. The molecule has 2 heterocycles. The van der Waals surface area contributed by atoms with E-state index >= 15 is 0 Å². The zero-order valence-corrected chi connectivity index (χ0v) is 19.8. The number of carbonyl (C=O) groups excluding carboxylic acids is 1. The molecule has 1 aromatic heterocycles. The van der Waals surface area contributed by atoms with Crippen molar-refractivity contribution in [3.63, 3.8) is 0 Å². The van der Waals surface area contributed by atoms with Gasteiger partial charge in [-0.1, -0.05) is 35.5 Å². The zero-order chi connectivity index (χ0) is 22.9. The number of hydrogen-bond donors (Lipinski definition) is 2. The van der Waals surface area contributed by atoms with Crippen molar-refractivity contribution < 1.29 is 14.1 Å². The van der Waals surface area contributed by atoms with Gasteiger partial charge >= 0.3 is 0 Å². The number of aromatic nitrogens is 1. The highest BCUT2D eigenvalue weighted by Gasteiger charge is 2.28. The van der Waals surface area contributed by atoms with Gasteiger partial charge in [-0.25, -0.2) is 0 Å². The highest BCUT2D eigenvalue weighted by Crippen LogP contribution is 2.28. The predicted octanol–water partition coefficient (Wildman–Crippen LogP) is 4.45. The van der Waals surface area contributed by atoms with Gasteiger partial charge in [-0.2, -0.15) is 0 Å². The van der Waals surface area contributed by atoms with Crippen LogP contribution < -0.4 is 15.4 Å². The average molecular weight is 466 g/mol. The lowest BCUT2D eigenvalue weighted by molar-refractivity contribution is -0.122. The van der Waals surface area contributed by atoms with Crippen LogP contribution in [0.25, 0.3) is 0 Å². The Morgan fingerprint density at radius 1 is 1.18 bits per heavy atom. The molecule has 0 radical (unpaired) electrons. The number of amides is 1. The Bertz CT molecular complexity index is 1010. The Kier molecular flexibility index (Phi) is 8.44. The fourth-order valence-corrected chi connectivity index (χ4v) is 4.99. The van der Waals surface area contributed by atoms with Gasteiger partial charge in [0.1, 0.15) is 11.5 Å². The fraction of sp³-hybridized carbons (Fsp3) is 0.385. The van der Waals surface area contributed by atoms with Crippen LogP contribution >= 0.6 is 11.8 Å². The average Bonchev–Trinajstić information content (AvgIpc) is 3.31. The van der Waals surface area contributed by atoms with E-state index in [1.54, 1.807) is 18.9 Å². The van der Waals surface area contributed by atoms with E-state index in [1.165, 1.54) is 4.90 Å². The monoisotopic (exact) mass is 465 g/mol. The van der Waals surface area contributed by atoms with E-state index in [0.29, 0.717) is 24.8 Å². The Labute approximate surface area is 199 Å². The van der Waals surface area contributed by atoms with Crippen LogP contribution in [0.2, 0.25) is 0 Å². The summed E-state index contributed by atoms with van der Waals surface area (Å²) in [5, 5.41) is 10.8. The number of benzene rings is 2. The summed E-state index contributed by atoms with van der Waals surface area (Å²) in [6.07, 6.45) is 2.36. The minimum atomic E-state index is 0.0998. The number of hydrogen-bond acceptors (Lipinski definition) is 6. The van der Waals surface area contributed by atoms with Gasteiger partial charge in [-0.05, 0) is 67.6 Å². The third kappa shape index (κ3) is 7.11. The van der Waals surface area contributed by atoms with Crippen LogP contribution in [0.1, 0.15) is 29.9 Å². The molecule has 7 heteroatoms. The van der Waals surface area contributed by atoms with Gasteiger partial charge in [0.2, 0.25) is 5.91 Å². The van der Waals surface area contributed by atoms with Crippen molar-refractivity contribution in [2.75, 3.05) is 20.2 Å². The lowest BCUT2D eigenvalue weighted by atomic mass is 9.81. The van der Waals surface area contributed by atoms with Crippen molar-refractivity contribution >= 4 is 17.7 Å². The molecule has 6 nitrogen and oxygen atoms in total. The van der Waals surface area contributed by atoms with Gasteiger partial charge < -0.3 is 19.9 Å². The van der Waals surface area contributed by atoms with Crippen molar-refractivity contribution in [3.8, 4) is 5.75 Å². The first-order valence-electron chi connectivity index (χ1n) is 11.4. The maximum Gasteiger partial charge on any atom is 0.220 e. The van der Waals surface area contributed by atoms with Crippen LogP contribution in [0, 0.1) is 11.8 Å². The summed E-state index contributed by atoms with van der Waals surface area (Å²) in [5.74, 6) is 3.26. The Morgan fingerprint density at radius 2 is 2.00 bits per heavy atom. The second-order valence-electron chi connectivity index (χ2n) is 8.43. The van der Waals surface area contributed by atoms with E-state index in [4.69, 9.17) is 9.26 Å². The molecule has 0 aliphatic carbocycles. The molecular weight excluding hydrogens is 434 g/mol. The van der Waals surface area contributed by atoms with Crippen molar-refractivity contribution in [1.29, 1.82) is 0 Å². The summed E-state index contributed by atoms with van der Waals surface area (Å²) < 4.78 is 10.8. The minimum absolute atomic E-state index is 0.0998. The van der Waals surface area contributed by atoms with Crippen LogP contribution in [0.3, 0.4) is 0 Å². The third-order valence-electron chi connectivity index (χ3n) is 6.06. The van der Waals surface area contributed by atoms with Gasteiger partial charge in [0.05, 0.1) is 18.6 Å². The number of carbonyl (C=O) groups is 1. The summed E-state index contributed by atoms with van der Waals surface area (Å²) >= 11 is 1.74. The predicted molar refractivity (Wildman–Crippen MR) is 130 cm³/mol. The molecule has 4 rings (SSSR count). The number of methoxy groups -OCH3 is 1. The number of ether oxygens (including phenoxy) is 1. The molecule has 0 spiro atoms. The molecule has 0 saturated carbocycles. The normalized spacial score (nSPS) is 18.1. The van der Waals surface area contributed by atoms with E-state index in [0.717, 1.165) is 54.5 Å². The van der Waals surface area contributed by atoms with E-state index in [2.05, 4.69) is 34.0 Å². The molecule has 2 aromatic carbocycles. The van der Waals surface area contributed by atoms with Gasteiger partial charge in [-0.3, -0.25) is 4.79 Å². The molecule has 0 bridgehead atoms. The van der Waals surface area contributed by atoms with Crippen molar-refractivity contribution in [3.05, 3.63) is 77.7 Å². The minimum Gasteiger partial charge on any atom is -0.497 e. The van der Waals surface area contributed by atoms with E-state index in [-0.39, 0.29) is 5.91 Å². The summed E-state index contributed by atoms with van der Waals surface area (Å²) in [6.45, 7) is 2.38. The Hall–Kier alpha value is -2.77. The zero-order valence-electron chi connectivity index (χ0n) is 19.0. The largest absolute Gasteiger partial charge is 0.497 e. The second kappa shape index (κ2) is 11.9. The molecule has 33 heavy (non-hydrogen) atoms. The molecule has 0 unspecified atom stereocenters. The first-order valence-corrected chi connectivity index (χ1v) is 12.4. The van der Waals surface area contributed by atoms with Crippen molar-refractivity contribution in [2.24, 2.45) is 11.8 Å². The van der Waals surface area contributed by atoms with Gasteiger partial charge in [-0.15, -0.1) is 11.8 Å². The lowest BCUT2D eigenvalue weighted by Crippen LogP contribution is -2.40. The summed E-state index contributed by atoms with van der Waals surface area (Å²) in [5.41, 5.74) is 2.03. The number of rotatable bonds is 10. The van der Waals surface area contributed by atoms with Gasteiger partial charge in [0.25, 0.3) is 0 Å². The van der Waals surface area contributed by atoms with Crippen LogP contribution in [0.15, 0.2) is 70.1 Å². The number of nitrogens with one attached hydrogen (secondary N) is 2. The Morgan fingerprint density at radius 3 is 2.79 bits per heavy atom.